The van der Waals surface area contributed by atoms with Gasteiger partial charge in [0.05, 0.1) is 7.11 Å². The topological polar surface area (TPSA) is 21.3 Å². The molecule has 15 heavy (non-hydrogen) atoms. The standard InChI is InChI=1S/C13H19NO/c1-10-8-12(6-7-14-10)11-4-3-5-13(9-11)15-2/h3-5,9-10,12,14H,6-8H2,1-2H3/t10-,12+/m0/s1. The van der Waals surface area contributed by atoms with Crippen LogP contribution in [0.15, 0.2) is 24.3 Å². The zero-order chi connectivity index (χ0) is 10.7. The van der Waals surface area contributed by atoms with E-state index in [0.29, 0.717) is 12.0 Å². The summed E-state index contributed by atoms with van der Waals surface area (Å²) in [5.41, 5.74) is 1.42. The molecule has 2 atom stereocenters. The summed E-state index contributed by atoms with van der Waals surface area (Å²) >= 11 is 0. The van der Waals surface area contributed by atoms with Gasteiger partial charge in [0.2, 0.25) is 0 Å². The van der Waals surface area contributed by atoms with E-state index in [-0.39, 0.29) is 0 Å². The average molecular weight is 205 g/mol. The number of hydrogen-bond donors (Lipinski definition) is 1. The number of ether oxygens (including phenoxy) is 1. The second-order valence-electron chi connectivity index (χ2n) is 4.35. The molecule has 0 radical (unpaired) electrons. The monoisotopic (exact) mass is 205 g/mol. The van der Waals surface area contributed by atoms with Crippen LogP contribution in [0.2, 0.25) is 0 Å². The Balaban J connectivity index is 2.13. The summed E-state index contributed by atoms with van der Waals surface area (Å²) in [4.78, 5) is 0. The third-order valence-corrected chi connectivity index (χ3v) is 3.19. The molecule has 0 amide bonds. The number of hydrogen-bond acceptors (Lipinski definition) is 2. The Morgan fingerprint density at radius 2 is 2.27 bits per heavy atom. The van der Waals surface area contributed by atoms with E-state index in [1.54, 1.807) is 7.11 Å². The van der Waals surface area contributed by atoms with Gasteiger partial charge in [-0.2, -0.15) is 0 Å². The lowest BCUT2D eigenvalue weighted by Crippen LogP contribution is -2.34. The normalized spacial score (nSPS) is 26.3. The molecule has 1 fully saturated rings. The van der Waals surface area contributed by atoms with Gasteiger partial charge >= 0.3 is 0 Å². The maximum atomic E-state index is 5.26. The van der Waals surface area contributed by atoms with Crippen LogP contribution in [0.25, 0.3) is 0 Å². The summed E-state index contributed by atoms with van der Waals surface area (Å²) in [7, 11) is 1.73. The smallest absolute Gasteiger partial charge is 0.119 e. The minimum absolute atomic E-state index is 0.634. The zero-order valence-electron chi connectivity index (χ0n) is 9.49. The van der Waals surface area contributed by atoms with Crippen molar-refractivity contribution in [1.82, 2.24) is 5.32 Å². The fraction of sp³-hybridized carbons (Fsp3) is 0.538. The molecule has 1 heterocycles. The number of rotatable bonds is 2. The molecule has 0 aromatic heterocycles. The van der Waals surface area contributed by atoms with E-state index < -0.39 is 0 Å². The molecule has 0 spiro atoms. The van der Waals surface area contributed by atoms with Crippen LogP contribution in [0, 0.1) is 0 Å². The quantitative estimate of drug-likeness (QED) is 0.801. The summed E-state index contributed by atoms with van der Waals surface area (Å²) in [5, 5.41) is 3.48. The van der Waals surface area contributed by atoms with Gasteiger partial charge in [-0.15, -0.1) is 0 Å². The van der Waals surface area contributed by atoms with Crippen LogP contribution in [0.4, 0.5) is 0 Å². The van der Waals surface area contributed by atoms with Crippen LogP contribution in [-0.4, -0.2) is 19.7 Å². The molecule has 0 unspecified atom stereocenters. The Kier molecular flexibility index (Phi) is 3.27. The first kappa shape index (κ1) is 10.5. The van der Waals surface area contributed by atoms with Crippen LogP contribution in [0.1, 0.15) is 31.2 Å². The lowest BCUT2D eigenvalue weighted by molar-refractivity contribution is 0.378. The molecule has 1 N–H and O–H groups in total. The first-order chi connectivity index (χ1) is 7.29. The van der Waals surface area contributed by atoms with Gasteiger partial charge in [0.1, 0.15) is 5.75 Å². The van der Waals surface area contributed by atoms with Crippen molar-refractivity contribution >= 4 is 0 Å². The highest BCUT2D eigenvalue weighted by molar-refractivity contribution is 5.31. The van der Waals surface area contributed by atoms with Gasteiger partial charge in [0.25, 0.3) is 0 Å². The Bertz CT molecular complexity index is 324. The Hall–Kier alpha value is -1.02. The number of piperidine rings is 1. The first-order valence-electron chi connectivity index (χ1n) is 5.67. The van der Waals surface area contributed by atoms with Gasteiger partial charge in [-0.1, -0.05) is 12.1 Å². The van der Waals surface area contributed by atoms with Crippen LogP contribution in [0.3, 0.4) is 0 Å². The van der Waals surface area contributed by atoms with Crippen LogP contribution >= 0.6 is 0 Å². The Labute approximate surface area is 91.6 Å². The lowest BCUT2D eigenvalue weighted by atomic mass is 9.87. The lowest BCUT2D eigenvalue weighted by Gasteiger charge is -2.28. The highest BCUT2D eigenvalue weighted by Gasteiger charge is 2.19. The van der Waals surface area contributed by atoms with Crippen molar-refractivity contribution in [3.63, 3.8) is 0 Å². The summed E-state index contributed by atoms with van der Waals surface area (Å²) in [5.74, 6) is 1.66. The highest BCUT2D eigenvalue weighted by atomic mass is 16.5. The molecule has 2 rings (SSSR count). The molecule has 1 saturated heterocycles. The van der Waals surface area contributed by atoms with Crippen molar-refractivity contribution in [3.8, 4) is 5.75 Å². The van der Waals surface area contributed by atoms with E-state index in [9.17, 15) is 0 Å². The van der Waals surface area contributed by atoms with Crippen LogP contribution < -0.4 is 10.1 Å². The summed E-state index contributed by atoms with van der Waals surface area (Å²) in [6.45, 7) is 3.38. The van der Waals surface area contributed by atoms with Gasteiger partial charge in [-0.25, -0.2) is 0 Å². The molecule has 2 nitrogen and oxygen atoms in total. The predicted molar refractivity (Wildman–Crippen MR) is 62.4 cm³/mol. The van der Waals surface area contributed by atoms with E-state index in [0.717, 1.165) is 12.3 Å². The van der Waals surface area contributed by atoms with Crippen LogP contribution in [-0.2, 0) is 0 Å². The van der Waals surface area contributed by atoms with Gasteiger partial charge in [0.15, 0.2) is 0 Å². The van der Waals surface area contributed by atoms with Crippen molar-refractivity contribution in [1.29, 1.82) is 0 Å². The van der Waals surface area contributed by atoms with Crippen LogP contribution in [0.5, 0.6) is 5.75 Å². The molecule has 0 saturated carbocycles. The fourth-order valence-electron chi connectivity index (χ4n) is 2.33. The fourth-order valence-corrected chi connectivity index (χ4v) is 2.33. The third kappa shape index (κ3) is 2.51. The predicted octanol–water partition coefficient (Wildman–Crippen LogP) is 2.55. The van der Waals surface area contributed by atoms with Gasteiger partial charge < -0.3 is 10.1 Å². The molecule has 1 aliphatic heterocycles. The van der Waals surface area contributed by atoms with E-state index in [1.165, 1.54) is 18.4 Å². The van der Waals surface area contributed by atoms with Crippen molar-refractivity contribution < 1.29 is 4.74 Å². The largest absolute Gasteiger partial charge is 0.497 e. The van der Waals surface area contributed by atoms with E-state index in [2.05, 4.69) is 30.4 Å². The second-order valence-corrected chi connectivity index (χ2v) is 4.35. The molecule has 82 valence electrons. The van der Waals surface area contributed by atoms with Crippen molar-refractivity contribution in [3.05, 3.63) is 29.8 Å². The SMILES string of the molecule is COc1cccc([C@@H]2CCN[C@@H](C)C2)c1. The maximum Gasteiger partial charge on any atom is 0.119 e. The number of methoxy groups -OCH3 is 1. The minimum Gasteiger partial charge on any atom is -0.497 e. The second kappa shape index (κ2) is 4.67. The van der Waals surface area contributed by atoms with E-state index in [1.807, 2.05) is 6.07 Å². The number of nitrogens with one attached hydrogen (secondary N) is 1. The Morgan fingerprint density at radius 1 is 1.40 bits per heavy atom. The molecule has 0 aliphatic carbocycles. The summed E-state index contributed by atoms with van der Waals surface area (Å²) < 4.78 is 5.26. The molecule has 1 aromatic carbocycles. The van der Waals surface area contributed by atoms with Gasteiger partial charge in [0, 0.05) is 6.04 Å². The average Bonchev–Trinajstić information content (AvgIpc) is 2.29. The van der Waals surface area contributed by atoms with E-state index >= 15 is 0 Å². The van der Waals surface area contributed by atoms with Crippen molar-refractivity contribution in [2.24, 2.45) is 0 Å². The first-order valence-corrected chi connectivity index (χ1v) is 5.67. The third-order valence-electron chi connectivity index (χ3n) is 3.19. The molecule has 1 aromatic rings. The Morgan fingerprint density at radius 3 is 3.00 bits per heavy atom. The molecule has 0 bridgehead atoms. The van der Waals surface area contributed by atoms with E-state index in [4.69, 9.17) is 4.74 Å². The van der Waals surface area contributed by atoms with Gasteiger partial charge in [-0.05, 0) is 49.9 Å². The highest BCUT2D eigenvalue weighted by Crippen LogP contribution is 2.29. The molecule has 2 heteroatoms. The van der Waals surface area contributed by atoms with Crippen molar-refractivity contribution in [2.45, 2.75) is 31.7 Å². The molecular formula is C13H19NO. The molecule has 1 aliphatic rings. The van der Waals surface area contributed by atoms with Crippen molar-refractivity contribution in [2.75, 3.05) is 13.7 Å². The van der Waals surface area contributed by atoms with Gasteiger partial charge in [-0.3, -0.25) is 0 Å². The summed E-state index contributed by atoms with van der Waals surface area (Å²) in [6, 6.07) is 9.11. The molecular weight excluding hydrogens is 186 g/mol. The summed E-state index contributed by atoms with van der Waals surface area (Å²) in [6.07, 6.45) is 2.46. The zero-order valence-corrected chi connectivity index (χ0v) is 9.49. The maximum absolute atomic E-state index is 5.26. The number of benzene rings is 1. The minimum atomic E-state index is 0.634.